The number of rotatable bonds is 6. The largest absolute Gasteiger partial charge is 0.496 e. The molecule has 1 aliphatic rings. The number of nitrogens with zero attached hydrogens (tertiary/aromatic N) is 1. The van der Waals surface area contributed by atoms with Gasteiger partial charge in [-0.25, -0.2) is 0 Å². The number of hydrogen-bond acceptors (Lipinski definition) is 5. The number of ether oxygens (including phenoxy) is 1. The van der Waals surface area contributed by atoms with Crippen LogP contribution in [0.4, 0.5) is 0 Å². The van der Waals surface area contributed by atoms with Crippen LogP contribution in [-0.2, 0) is 14.4 Å². The first-order valence-electron chi connectivity index (χ1n) is 7.82. The molecule has 130 valence electrons. The second-order valence-electron chi connectivity index (χ2n) is 6.14. The van der Waals surface area contributed by atoms with Crippen LogP contribution >= 0.6 is 0 Å². The lowest BCUT2D eigenvalue weighted by Crippen LogP contribution is -2.48. The molecule has 0 unspecified atom stereocenters. The Morgan fingerprint density at radius 2 is 2.08 bits per heavy atom. The topological polar surface area (TPSA) is 89.0 Å². The van der Waals surface area contributed by atoms with Crippen LogP contribution < -0.4 is 15.4 Å². The van der Waals surface area contributed by atoms with Gasteiger partial charge in [0, 0.05) is 18.0 Å². The Labute approximate surface area is 141 Å². The second kappa shape index (κ2) is 7.33. The van der Waals surface area contributed by atoms with Crippen LogP contribution in [0.5, 0.6) is 5.75 Å². The Hall–Kier alpha value is -2.57. The van der Waals surface area contributed by atoms with E-state index < -0.39 is 5.60 Å². The summed E-state index contributed by atoms with van der Waals surface area (Å²) in [6, 6.07) is 7.43. The third kappa shape index (κ3) is 4.04. The van der Waals surface area contributed by atoms with Crippen LogP contribution in [0.15, 0.2) is 29.4 Å². The quantitative estimate of drug-likeness (QED) is 0.819. The van der Waals surface area contributed by atoms with Crippen molar-refractivity contribution >= 4 is 17.5 Å². The molecule has 1 aromatic carbocycles. The van der Waals surface area contributed by atoms with Gasteiger partial charge in [0.2, 0.25) is 11.5 Å². The summed E-state index contributed by atoms with van der Waals surface area (Å²) in [5, 5.41) is 9.34. The van der Waals surface area contributed by atoms with E-state index in [9.17, 15) is 9.59 Å². The van der Waals surface area contributed by atoms with E-state index in [1.54, 1.807) is 14.0 Å². The Morgan fingerprint density at radius 1 is 1.38 bits per heavy atom. The van der Waals surface area contributed by atoms with Gasteiger partial charge < -0.3 is 20.2 Å². The zero-order valence-corrected chi connectivity index (χ0v) is 14.4. The summed E-state index contributed by atoms with van der Waals surface area (Å²) in [5.74, 6) is 0.0432. The van der Waals surface area contributed by atoms with Gasteiger partial charge in [0.15, 0.2) is 0 Å². The van der Waals surface area contributed by atoms with Gasteiger partial charge in [-0.1, -0.05) is 17.3 Å². The van der Waals surface area contributed by atoms with Gasteiger partial charge in [-0.05, 0) is 32.9 Å². The number of oxime groups is 1. The first kappa shape index (κ1) is 17.8. The third-order valence-electron chi connectivity index (χ3n) is 3.62. The summed E-state index contributed by atoms with van der Waals surface area (Å²) in [5.41, 5.74) is 0.277. The monoisotopic (exact) mass is 333 g/mol. The van der Waals surface area contributed by atoms with Gasteiger partial charge in [0.25, 0.3) is 5.91 Å². The first-order chi connectivity index (χ1) is 11.4. The number of nitrogens with one attached hydrogen (secondary N) is 2. The molecule has 0 saturated carbocycles. The molecule has 1 aliphatic heterocycles. The van der Waals surface area contributed by atoms with Gasteiger partial charge in [0.1, 0.15) is 5.75 Å². The number of para-hydroxylation sites is 1. The summed E-state index contributed by atoms with van der Waals surface area (Å²) in [4.78, 5) is 29.4. The molecule has 0 saturated heterocycles. The average Bonchev–Trinajstić information content (AvgIpc) is 2.95. The van der Waals surface area contributed by atoms with Crippen LogP contribution in [0, 0.1) is 0 Å². The molecule has 1 atom stereocenters. The Balaban J connectivity index is 1.99. The number of hydrogen-bond donors (Lipinski definition) is 2. The lowest BCUT2D eigenvalue weighted by Gasteiger charge is -2.20. The van der Waals surface area contributed by atoms with Gasteiger partial charge in [-0.3, -0.25) is 9.59 Å². The molecule has 2 rings (SSSR count). The molecule has 2 amide bonds. The Bertz CT molecular complexity index is 657. The van der Waals surface area contributed by atoms with Crippen LogP contribution in [-0.4, -0.2) is 42.8 Å². The summed E-state index contributed by atoms with van der Waals surface area (Å²) < 4.78 is 5.31. The molecule has 0 aromatic heterocycles. The Morgan fingerprint density at radius 3 is 2.75 bits per heavy atom. The number of amides is 2. The SMILES string of the molecule is COc1ccccc1C1=NO[C@](C)(C(=O)NCC(=O)NC(C)C)C1. The summed E-state index contributed by atoms with van der Waals surface area (Å²) >= 11 is 0. The van der Waals surface area contributed by atoms with Gasteiger partial charge in [-0.15, -0.1) is 0 Å². The van der Waals surface area contributed by atoms with Crippen LogP contribution in [0.2, 0.25) is 0 Å². The average molecular weight is 333 g/mol. The van der Waals surface area contributed by atoms with Gasteiger partial charge in [0.05, 0.1) is 19.4 Å². The van der Waals surface area contributed by atoms with E-state index >= 15 is 0 Å². The van der Waals surface area contributed by atoms with E-state index in [-0.39, 0.29) is 24.4 Å². The number of methoxy groups -OCH3 is 1. The maximum Gasteiger partial charge on any atom is 0.267 e. The molecule has 0 fully saturated rings. The minimum atomic E-state index is -1.14. The van der Waals surface area contributed by atoms with E-state index in [0.717, 1.165) is 5.56 Å². The number of carbonyl (C=O) groups excluding carboxylic acids is 2. The van der Waals surface area contributed by atoms with Crippen LogP contribution in [0.1, 0.15) is 32.8 Å². The van der Waals surface area contributed by atoms with E-state index in [0.29, 0.717) is 17.9 Å². The highest BCUT2D eigenvalue weighted by molar-refractivity contribution is 6.07. The van der Waals surface area contributed by atoms with E-state index in [2.05, 4.69) is 15.8 Å². The molecule has 7 nitrogen and oxygen atoms in total. The molecule has 0 radical (unpaired) electrons. The van der Waals surface area contributed by atoms with E-state index in [1.165, 1.54) is 0 Å². The minimum absolute atomic E-state index is 0.0215. The molecular weight excluding hydrogens is 310 g/mol. The fourth-order valence-electron chi connectivity index (χ4n) is 2.41. The fourth-order valence-corrected chi connectivity index (χ4v) is 2.41. The number of carbonyl (C=O) groups is 2. The summed E-state index contributed by atoms with van der Waals surface area (Å²) in [6.07, 6.45) is 0.297. The van der Waals surface area contributed by atoms with Crippen molar-refractivity contribution in [3.63, 3.8) is 0 Å². The second-order valence-corrected chi connectivity index (χ2v) is 6.14. The summed E-state index contributed by atoms with van der Waals surface area (Å²) in [6.45, 7) is 5.26. The summed E-state index contributed by atoms with van der Waals surface area (Å²) in [7, 11) is 1.58. The van der Waals surface area contributed by atoms with Gasteiger partial charge >= 0.3 is 0 Å². The lowest BCUT2D eigenvalue weighted by molar-refractivity contribution is -0.142. The van der Waals surface area contributed by atoms with Crippen molar-refractivity contribution < 1.29 is 19.2 Å². The van der Waals surface area contributed by atoms with E-state index in [1.807, 2.05) is 38.1 Å². The van der Waals surface area contributed by atoms with Crippen molar-refractivity contribution in [1.29, 1.82) is 0 Å². The molecule has 2 N–H and O–H groups in total. The smallest absolute Gasteiger partial charge is 0.267 e. The van der Waals surface area contributed by atoms with Crippen molar-refractivity contribution in [2.45, 2.75) is 38.8 Å². The zero-order valence-electron chi connectivity index (χ0n) is 14.4. The maximum absolute atomic E-state index is 12.4. The predicted molar refractivity (Wildman–Crippen MR) is 89.9 cm³/mol. The molecule has 1 aromatic rings. The van der Waals surface area contributed by atoms with Crippen molar-refractivity contribution in [2.75, 3.05) is 13.7 Å². The fraction of sp³-hybridized carbons (Fsp3) is 0.471. The van der Waals surface area contributed by atoms with Crippen molar-refractivity contribution in [3.8, 4) is 5.75 Å². The molecular formula is C17H23N3O4. The molecule has 24 heavy (non-hydrogen) atoms. The highest BCUT2D eigenvalue weighted by atomic mass is 16.7. The van der Waals surface area contributed by atoms with Crippen LogP contribution in [0.3, 0.4) is 0 Å². The van der Waals surface area contributed by atoms with Crippen molar-refractivity contribution in [2.24, 2.45) is 5.16 Å². The molecule has 1 heterocycles. The minimum Gasteiger partial charge on any atom is -0.496 e. The van der Waals surface area contributed by atoms with E-state index in [4.69, 9.17) is 9.57 Å². The molecule has 0 bridgehead atoms. The normalized spacial score (nSPS) is 19.5. The van der Waals surface area contributed by atoms with Crippen LogP contribution in [0.25, 0.3) is 0 Å². The zero-order chi connectivity index (χ0) is 17.7. The lowest BCUT2D eigenvalue weighted by atomic mass is 9.94. The Kier molecular flexibility index (Phi) is 5.43. The third-order valence-corrected chi connectivity index (χ3v) is 3.62. The highest BCUT2D eigenvalue weighted by Gasteiger charge is 2.42. The maximum atomic E-state index is 12.4. The molecule has 0 spiro atoms. The number of benzene rings is 1. The molecule has 0 aliphatic carbocycles. The highest BCUT2D eigenvalue weighted by Crippen LogP contribution is 2.30. The van der Waals surface area contributed by atoms with Crippen molar-refractivity contribution in [3.05, 3.63) is 29.8 Å². The predicted octanol–water partition coefficient (Wildman–Crippen LogP) is 1.22. The first-order valence-corrected chi connectivity index (χ1v) is 7.82. The standard InChI is InChI=1S/C17H23N3O4/c1-11(2)19-15(21)10-18-16(22)17(3)9-13(20-24-17)12-7-5-6-8-14(12)23-4/h5-8,11H,9-10H2,1-4H3,(H,18,22)(H,19,21)/t17-/m0/s1. The van der Waals surface area contributed by atoms with Gasteiger partial charge in [-0.2, -0.15) is 0 Å². The molecule has 7 heteroatoms. The van der Waals surface area contributed by atoms with Crippen molar-refractivity contribution in [1.82, 2.24) is 10.6 Å².